The van der Waals surface area contributed by atoms with E-state index in [4.69, 9.17) is 16.3 Å². The predicted molar refractivity (Wildman–Crippen MR) is 89.2 cm³/mol. The SMILES string of the molecule is CC(=O)c1ccccc1NC(=O)C(C)OC(=O)c1ccnc(Cl)c1. The fourth-order valence-electron chi connectivity index (χ4n) is 1.95. The van der Waals surface area contributed by atoms with Crippen LogP contribution in [0, 0.1) is 0 Å². The molecule has 1 atom stereocenters. The second-order valence-electron chi connectivity index (χ2n) is 5.01. The highest BCUT2D eigenvalue weighted by molar-refractivity contribution is 6.29. The zero-order chi connectivity index (χ0) is 17.7. The van der Waals surface area contributed by atoms with Crippen LogP contribution in [0.3, 0.4) is 0 Å². The van der Waals surface area contributed by atoms with E-state index in [1.807, 2.05) is 0 Å². The number of ketones is 1. The number of rotatable bonds is 5. The number of hydrogen-bond donors (Lipinski definition) is 1. The van der Waals surface area contributed by atoms with E-state index in [1.165, 1.54) is 32.2 Å². The maximum Gasteiger partial charge on any atom is 0.339 e. The zero-order valence-corrected chi connectivity index (χ0v) is 13.8. The lowest BCUT2D eigenvalue weighted by Gasteiger charge is -2.15. The van der Waals surface area contributed by atoms with E-state index in [0.717, 1.165) is 0 Å². The largest absolute Gasteiger partial charge is 0.449 e. The molecule has 0 saturated carbocycles. The van der Waals surface area contributed by atoms with Crippen LogP contribution in [0.25, 0.3) is 0 Å². The minimum atomic E-state index is -1.05. The summed E-state index contributed by atoms with van der Waals surface area (Å²) >= 11 is 5.71. The summed E-state index contributed by atoms with van der Waals surface area (Å²) < 4.78 is 5.10. The van der Waals surface area contributed by atoms with Crippen molar-refractivity contribution in [2.24, 2.45) is 0 Å². The maximum absolute atomic E-state index is 12.2. The lowest BCUT2D eigenvalue weighted by atomic mass is 10.1. The number of carbonyl (C=O) groups excluding carboxylic acids is 3. The van der Waals surface area contributed by atoms with Crippen LogP contribution in [0.5, 0.6) is 0 Å². The van der Waals surface area contributed by atoms with Gasteiger partial charge < -0.3 is 10.1 Å². The number of esters is 1. The molecule has 1 N–H and O–H groups in total. The number of para-hydroxylation sites is 1. The van der Waals surface area contributed by atoms with Gasteiger partial charge in [0.2, 0.25) is 0 Å². The molecule has 0 bridgehead atoms. The standard InChI is InChI=1S/C17H15ClN2O4/c1-10(21)13-5-3-4-6-14(13)20-16(22)11(2)24-17(23)12-7-8-19-15(18)9-12/h3-9,11H,1-2H3,(H,20,22). The topological polar surface area (TPSA) is 85.4 Å². The van der Waals surface area contributed by atoms with Gasteiger partial charge in [-0.15, -0.1) is 0 Å². The smallest absolute Gasteiger partial charge is 0.339 e. The van der Waals surface area contributed by atoms with Crippen molar-refractivity contribution in [1.82, 2.24) is 4.98 Å². The number of carbonyl (C=O) groups is 3. The molecule has 24 heavy (non-hydrogen) atoms. The van der Waals surface area contributed by atoms with Crippen LogP contribution in [-0.2, 0) is 9.53 Å². The molecular weight excluding hydrogens is 332 g/mol. The third-order valence-corrected chi connectivity index (χ3v) is 3.39. The molecule has 1 heterocycles. The van der Waals surface area contributed by atoms with Crippen molar-refractivity contribution in [1.29, 1.82) is 0 Å². The lowest BCUT2D eigenvalue weighted by molar-refractivity contribution is -0.123. The number of halogens is 1. The third-order valence-electron chi connectivity index (χ3n) is 3.18. The first kappa shape index (κ1) is 17.6. The number of anilines is 1. The number of aromatic nitrogens is 1. The van der Waals surface area contributed by atoms with Crippen LogP contribution in [0.4, 0.5) is 5.69 Å². The van der Waals surface area contributed by atoms with E-state index in [2.05, 4.69) is 10.3 Å². The molecular formula is C17H15ClN2O4. The first-order valence-corrected chi connectivity index (χ1v) is 7.49. The average Bonchev–Trinajstić information content (AvgIpc) is 2.55. The molecule has 0 spiro atoms. The Morgan fingerprint density at radius 1 is 1.21 bits per heavy atom. The van der Waals surface area contributed by atoms with E-state index in [1.54, 1.807) is 24.3 Å². The molecule has 6 nitrogen and oxygen atoms in total. The van der Waals surface area contributed by atoms with Gasteiger partial charge in [-0.3, -0.25) is 9.59 Å². The quantitative estimate of drug-likeness (QED) is 0.510. The minimum Gasteiger partial charge on any atom is -0.449 e. The van der Waals surface area contributed by atoms with Crippen LogP contribution in [0.15, 0.2) is 42.6 Å². The van der Waals surface area contributed by atoms with Crippen molar-refractivity contribution in [3.8, 4) is 0 Å². The van der Waals surface area contributed by atoms with Gasteiger partial charge in [0.15, 0.2) is 11.9 Å². The summed E-state index contributed by atoms with van der Waals surface area (Å²) in [5, 5.41) is 2.73. The molecule has 1 amide bonds. The summed E-state index contributed by atoms with van der Waals surface area (Å²) in [6, 6.07) is 9.38. The van der Waals surface area contributed by atoms with E-state index >= 15 is 0 Å². The molecule has 0 aliphatic rings. The monoisotopic (exact) mass is 346 g/mol. The number of pyridine rings is 1. The molecule has 0 aliphatic carbocycles. The molecule has 0 radical (unpaired) electrons. The summed E-state index contributed by atoms with van der Waals surface area (Å²) in [7, 11) is 0. The summed E-state index contributed by atoms with van der Waals surface area (Å²) in [5.74, 6) is -1.42. The zero-order valence-electron chi connectivity index (χ0n) is 13.1. The van der Waals surface area contributed by atoms with Crippen molar-refractivity contribution in [3.63, 3.8) is 0 Å². The summed E-state index contributed by atoms with van der Waals surface area (Å²) in [4.78, 5) is 39.5. The molecule has 0 aliphatic heterocycles. The fraction of sp³-hybridized carbons (Fsp3) is 0.176. The Morgan fingerprint density at radius 3 is 2.58 bits per heavy atom. The Balaban J connectivity index is 2.05. The number of hydrogen-bond acceptors (Lipinski definition) is 5. The van der Waals surface area contributed by atoms with Gasteiger partial charge in [0.05, 0.1) is 11.3 Å². The number of Topliss-reactive ketones (excluding diaryl/α,β-unsaturated/α-hetero) is 1. The highest BCUT2D eigenvalue weighted by Crippen LogP contribution is 2.16. The van der Waals surface area contributed by atoms with E-state index in [-0.39, 0.29) is 16.5 Å². The summed E-state index contributed by atoms with van der Waals surface area (Å²) in [5.41, 5.74) is 0.939. The van der Waals surface area contributed by atoms with Crippen LogP contribution in [-0.4, -0.2) is 28.7 Å². The van der Waals surface area contributed by atoms with Gasteiger partial charge in [-0.2, -0.15) is 0 Å². The van der Waals surface area contributed by atoms with Crippen molar-refractivity contribution >= 4 is 34.9 Å². The first-order valence-electron chi connectivity index (χ1n) is 7.12. The molecule has 2 rings (SSSR count). The predicted octanol–water partition coefficient (Wildman–Crippen LogP) is 3.12. The van der Waals surface area contributed by atoms with E-state index in [9.17, 15) is 14.4 Å². The minimum absolute atomic E-state index is 0.150. The molecule has 7 heteroatoms. The number of ether oxygens (including phenoxy) is 1. The second-order valence-corrected chi connectivity index (χ2v) is 5.39. The molecule has 124 valence electrons. The average molecular weight is 347 g/mol. The van der Waals surface area contributed by atoms with Crippen molar-refractivity contribution in [3.05, 3.63) is 58.9 Å². The molecule has 1 unspecified atom stereocenters. The number of nitrogens with one attached hydrogen (secondary N) is 1. The lowest BCUT2D eigenvalue weighted by Crippen LogP contribution is -2.30. The van der Waals surface area contributed by atoms with Gasteiger partial charge in [-0.1, -0.05) is 23.7 Å². The van der Waals surface area contributed by atoms with Crippen LogP contribution in [0.2, 0.25) is 5.15 Å². The first-order chi connectivity index (χ1) is 11.4. The Bertz CT molecular complexity index is 792. The number of nitrogens with zero attached hydrogens (tertiary/aromatic N) is 1. The fourth-order valence-corrected chi connectivity index (χ4v) is 2.12. The summed E-state index contributed by atoms with van der Waals surface area (Å²) in [6.07, 6.45) is 0.316. The van der Waals surface area contributed by atoms with Gasteiger partial charge in [0.25, 0.3) is 5.91 Å². The van der Waals surface area contributed by atoms with E-state index in [0.29, 0.717) is 11.3 Å². The van der Waals surface area contributed by atoms with Gasteiger partial charge in [0.1, 0.15) is 5.15 Å². The van der Waals surface area contributed by atoms with Gasteiger partial charge >= 0.3 is 5.97 Å². The van der Waals surface area contributed by atoms with Crippen LogP contribution >= 0.6 is 11.6 Å². The van der Waals surface area contributed by atoms with Gasteiger partial charge in [0, 0.05) is 11.8 Å². The van der Waals surface area contributed by atoms with Crippen molar-refractivity contribution in [2.75, 3.05) is 5.32 Å². The maximum atomic E-state index is 12.2. The van der Waals surface area contributed by atoms with Crippen molar-refractivity contribution in [2.45, 2.75) is 20.0 Å². The molecule has 1 aromatic heterocycles. The van der Waals surface area contributed by atoms with E-state index < -0.39 is 18.0 Å². The van der Waals surface area contributed by atoms with Gasteiger partial charge in [-0.25, -0.2) is 9.78 Å². The Kier molecular flexibility index (Phi) is 5.65. The number of benzene rings is 1. The molecule has 0 saturated heterocycles. The normalized spacial score (nSPS) is 11.5. The van der Waals surface area contributed by atoms with Gasteiger partial charge in [-0.05, 0) is 38.1 Å². The molecule has 1 aromatic carbocycles. The highest BCUT2D eigenvalue weighted by Gasteiger charge is 2.20. The summed E-state index contributed by atoms with van der Waals surface area (Å²) in [6.45, 7) is 2.84. The molecule has 2 aromatic rings. The van der Waals surface area contributed by atoms with Crippen LogP contribution in [0.1, 0.15) is 34.6 Å². The molecule has 0 fully saturated rings. The van der Waals surface area contributed by atoms with Crippen LogP contribution < -0.4 is 5.32 Å². The Morgan fingerprint density at radius 2 is 1.92 bits per heavy atom. The Labute approximate surface area is 143 Å². The number of amides is 1. The highest BCUT2D eigenvalue weighted by atomic mass is 35.5. The third kappa shape index (κ3) is 4.39. The second kappa shape index (κ2) is 7.70. The van der Waals surface area contributed by atoms with Crippen molar-refractivity contribution < 1.29 is 19.1 Å². The Hall–Kier alpha value is -2.73.